The Labute approximate surface area is 149 Å². The molecule has 26 heavy (non-hydrogen) atoms. The van der Waals surface area contributed by atoms with E-state index in [0.717, 1.165) is 13.0 Å². The van der Waals surface area contributed by atoms with Crippen LogP contribution >= 0.6 is 0 Å². The van der Waals surface area contributed by atoms with Crippen LogP contribution in [0.25, 0.3) is 0 Å². The predicted octanol–water partition coefficient (Wildman–Crippen LogP) is 1.19. The molecule has 0 saturated carbocycles. The zero-order valence-electron chi connectivity index (χ0n) is 14.2. The lowest BCUT2D eigenvalue weighted by atomic mass is 10.0. The number of hydrogen-bond donors (Lipinski definition) is 0. The third-order valence-corrected chi connectivity index (χ3v) is 3.39. The predicted molar refractivity (Wildman–Crippen MR) is 86.9 cm³/mol. The van der Waals surface area contributed by atoms with Gasteiger partial charge in [-0.25, -0.2) is 9.59 Å². The lowest BCUT2D eigenvalue weighted by Gasteiger charge is -2.32. The highest BCUT2D eigenvalue weighted by Gasteiger charge is 2.39. The van der Waals surface area contributed by atoms with E-state index in [2.05, 4.69) is 0 Å². The van der Waals surface area contributed by atoms with Crippen molar-refractivity contribution in [3.8, 4) is 0 Å². The molecule has 8 nitrogen and oxygen atoms in total. The Kier molecular flexibility index (Phi) is 6.48. The molecule has 1 aromatic rings. The fourth-order valence-corrected chi connectivity index (χ4v) is 2.29. The van der Waals surface area contributed by atoms with E-state index in [4.69, 9.17) is 18.9 Å². The Morgan fingerprint density at radius 1 is 1.12 bits per heavy atom. The lowest BCUT2D eigenvalue weighted by Crippen LogP contribution is -2.48. The minimum atomic E-state index is -1.15. The van der Waals surface area contributed by atoms with Crippen LogP contribution in [0.3, 0.4) is 0 Å². The molecule has 1 aliphatic rings. The molecule has 1 aliphatic heterocycles. The summed E-state index contributed by atoms with van der Waals surface area (Å²) in [5.74, 6) is -2.60. The van der Waals surface area contributed by atoms with Gasteiger partial charge in [0.1, 0.15) is 6.61 Å². The Morgan fingerprint density at radius 3 is 2.42 bits per heavy atom. The number of ether oxygens (including phenoxy) is 4. The summed E-state index contributed by atoms with van der Waals surface area (Å²) in [4.78, 5) is 46.3. The molecule has 0 amide bonds. The van der Waals surface area contributed by atoms with Crippen LogP contribution in [0.2, 0.25) is 0 Å². The zero-order valence-corrected chi connectivity index (χ0v) is 14.2. The van der Waals surface area contributed by atoms with Crippen molar-refractivity contribution < 1.29 is 38.1 Å². The van der Waals surface area contributed by atoms with E-state index in [1.807, 2.05) is 0 Å². The van der Waals surface area contributed by atoms with Crippen LogP contribution in [0.1, 0.15) is 24.2 Å². The Hall–Kier alpha value is -3.16. The molecule has 3 atom stereocenters. The van der Waals surface area contributed by atoms with Gasteiger partial charge in [0.2, 0.25) is 0 Å². The van der Waals surface area contributed by atoms with Crippen molar-refractivity contribution in [2.75, 3.05) is 6.61 Å². The number of benzene rings is 1. The normalized spacial score (nSPS) is 19.8. The van der Waals surface area contributed by atoms with Gasteiger partial charge in [-0.05, 0) is 18.2 Å². The van der Waals surface area contributed by atoms with Crippen LogP contribution in [-0.4, -0.2) is 48.8 Å². The van der Waals surface area contributed by atoms with Crippen LogP contribution in [0.15, 0.2) is 42.5 Å². The van der Waals surface area contributed by atoms with Gasteiger partial charge < -0.3 is 18.9 Å². The monoisotopic (exact) mass is 362 g/mol. The molecule has 0 aromatic heterocycles. The van der Waals surface area contributed by atoms with Gasteiger partial charge >= 0.3 is 23.9 Å². The number of carbonyl (C=O) groups excluding carboxylic acids is 4. The molecule has 0 saturated heterocycles. The first kappa shape index (κ1) is 19.2. The molecule has 0 radical (unpaired) electrons. The standard InChI is InChI=1S/C18H18O8/c1-11(19)23-10-15(24-12(2)20)17-14(8-9-16(21)26-17)25-18(22)13-6-4-3-5-7-13/h3-9,14-15,17H,10H2,1-2H3/t14-,15-,17+/m1/s1. The summed E-state index contributed by atoms with van der Waals surface area (Å²) < 4.78 is 20.5. The number of carbonyl (C=O) groups is 4. The second-order valence-electron chi connectivity index (χ2n) is 5.45. The maximum Gasteiger partial charge on any atom is 0.338 e. The van der Waals surface area contributed by atoms with Crippen molar-refractivity contribution in [2.45, 2.75) is 32.2 Å². The molecular weight excluding hydrogens is 344 g/mol. The van der Waals surface area contributed by atoms with E-state index in [9.17, 15) is 19.2 Å². The second-order valence-corrected chi connectivity index (χ2v) is 5.45. The fraction of sp³-hybridized carbons (Fsp3) is 0.333. The van der Waals surface area contributed by atoms with Gasteiger partial charge in [-0.2, -0.15) is 0 Å². The summed E-state index contributed by atoms with van der Waals surface area (Å²) in [6.45, 7) is 2.00. The summed E-state index contributed by atoms with van der Waals surface area (Å²) in [5.41, 5.74) is 0.306. The molecule has 0 bridgehead atoms. The van der Waals surface area contributed by atoms with E-state index in [0.29, 0.717) is 5.56 Å². The van der Waals surface area contributed by atoms with Crippen molar-refractivity contribution in [1.29, 1.82) is 0 Å². The van der Waals surface area contributed by atoms with Crippen LogP contribution in [0.4, 0.5) is 0 Å². The smallest absolute Gasteiger partial charge is 0.338 e. The molecule has 8 heteroatoms. The fourth-order valence-electron chi connectivity index (χ4n) is 2.29. The number of hydrogen-bond acceptors (Lipinski definition) is 8. The van der Waals surface area contributed by atoms with E-state index in [1.54, 1.807) is 30.3 Å². The topological polar surface area (TPSA) is 105 Å². The average molecular weight is 362 g/mol. The maximum absolute atomic E-state index is 12.3. The Bertz CT molecular complexity index is 709. The second kappa shape index (κ2) is 8.80. The van der Waals surface area contributed by atoms with Gasteiger partial charge in [-0.3, -0.25) is 9.59 Å². The maximum atomic E-state index is 12.3. The van der Waals surface area contributed by atoms with E-state index in [1.165, 1.54) is 13.0 Å². The van der Waals surface area contributed by atoms with Crippen LogP contribution in [0, 0.1) is 0 Å². The molecule has 0 spiro atoms. The van der Waals surface area contributed by atoms with Gasteiger partial charge in [0.25, 0.3) is 0 Å². The summed E-state index contributed by atoms with van der Waals surface area (Å²) >= 11 is 0. The van der Waals surface area contributed by atoms with Gasteiger partial charge in [0.05, 0.1) is 5.56 Å². The van der Waals surface area contributed by atoms with Gasteiger partial charge in [-0.15, -0.1) is 0 Å². The molecule has 138 valence electrons. The highest BCUT2D eigenvalue weighted by atomic mass is 16.6. The first-order chi connectivity index (χ1) is 12.4. The molecule has 1 aromatic carbocycles. The first-order valence-corrected chi connectivity index (χ1v) is 7.82. The summed E-state index contributed by atoms with van der Waals surface area (Å²) in [5, 5.41) is 0. The van der Waals surface area contributed by atoms with Crippen LogP contribution in [0.5, 0.6) is 0 Å². The number of rotatable bonds is 6. The minimum absolute atomic E-state index is 0.306. The van der Waals surface area contributed by atoms with Gasteiger partial charge in [0.15, 0.2) is 18.3 Å². The summed E-state index contributed by atoms with van der Waals surface area (Å²) in [7, 11) is 0. The van der Waals surface area contributed by atoms with E-state index < -0.39 is 42.2 Å². The van der Waals surface area contributed by atoms with Gasteiger partial charge in [0, 0.05) is 19.9 Å². The quantitative estimate of drug-likeness (QED) is 0.549. The van der Waals surface area contributed by atoms with Crippen LogP contribution in [-0.2, 0) is 33.3 Å². The molecule has 0 aliphatic carbocycles. The first-order valence-electron chi connectivity index (χ1n) is 7.82. The third-order valence-electron chi connectivity index (χ3n) is 3.39. The molecule has 2 rings (SSSR count). The van der Waals surface area contributed by atoms with Gasteiger partial charge in [-0.1, -0.05) is 18.2 Å². The van der Waals surface area contributed by atoms with Crippen LogP contribution < -0.4 is 0 Å². The Morgan fingerprint density at radius 2 is 1.81 bits per heavy atom. The average Bonchev–Trinajstić information content (AvgIpc) is 2.60. The number of cyclic esters (lactones) is 1. The summed E-state index contributed by atoms with van der Waals surface area (Å²) in [6, 6.07) is 8.23. The number of esters is 4. The molecular formula is C18H18O8. The zero-order chi connectivity index (χ0) is 19.1. The van der Waals surface area contributed by atoms with Crippen molar-refractivity contribution in [2.24, 2.45) is 0 Å². The minimum Gasteiger partial charge on any atom is -0.462 e. The van der Waals surface area contributed by atoms with E-state index in [-0.39, 0.29) is 6.61 Å². The highest BCUT2D eigenvalue weighted by Crippen LogP contribution is 2.20. The molecule has 0 unspecified atom stereocenters. The van der Waals surface area contributed by atoms with E-state index >= 15 is 0 Å². The third kappa shape index (κ3) is 5.44. The largest absolute Gasteiger partial charge is 0.462 e. The highest BCUT2D eigenvalue weighted by molar-refractivity contribution is 5.90. The van der Waals surface area contributed by atoms with Crippen molar-refractivity contribution >= 4 is 23.9 Å². The lowest BCUT2D eigenvalue weighted by molar-refractivity contribution is -0.180. The van der Waals surface area contributed by atoms with Crippen molar-refractivity contribution in [3.63, 3.8) is 0 Å². The molecule has 0 N–H and O–H groups in total. The van der Waals surface area contributed by atoms with Crippen molar-refractivity contribution in [1.82, 2.24) is 0 Å². The Balaban J connectivity index is 2.19. The van der Waals surface area contributed by atoms with Crippen molar-refractivity contribution in [3.05, 3.63) is 48.0 Å². The summed E-state index contributed by atoms with van der Waals surface area (Å²) in [6.07, 6.45) is -0.847. The SMILES string of the molecule is CC(=O)OC[C@@H](OC(C)=O)[C@H]1OC(=O)C=C[C@H]1OC(=O)c1ccccc1. The molecule has 0 fully saturated rings. The molecule has 1 heterocycles.